The van der Waals surface area contributed by atoms with Crippen LogP contribution in [0.25, 0.3) is 0 Å². The van der Waals surface area contributed by atoms with Gasteiger partial charge in [-0.2, -0.15) is 8.78 Å². The predicted molar refractivity (Wildman–Crippen MR) is 65.4 cm³/mol. The molecule has 4 aliphatic carbocycles. The summed E-state index contributed by atoms with van der Waals surface area (Å²) < 4.78 is 33.6. The van der Waals surface area contributed by atoms with Crippen LogP contribution < -0.4 is 0 Å². The summed E-state index contributed by atoms with van der Waals surface area (Å²) in [6, 6.07) is 0. The Labute approximate surface area is 120 Å². The number of aliphatic hydroxyl groups is 1. The van der Waals surface area contributed by atoms with E-state index in [1.54, 1.807) is 0 Å². The first-order chi connectivity index (χ1) is 9.79. The summed E-state index contributed by atoms with van der Waals surface area (Å²) in [4.78, 5) is 22.4. The number of carbonyl (C=O) groups is 2. The number of hydrogen-bond acceptors (Lipinski definition) is 5. The number of esters is 2. The Morgan fingerprint density at radius 2 is 1.81 bits per heavy atom. The summed E-state index contributed by atoms with van der Waals surface area (Å²) in [6.45, 7) is -0.807. The van der Waals surface area contributed by atoms with Gasteiger partial charge in [0.1, 0.15) is 5.60 Å². The molecular formula is C14H18F2O5. The Morgan fingerprint density at radius 1 is 1.19 bits per heavy atom. The van der Waals surface area contributed by atoms with Crippen molar-refractivity contribution in [3.63, 3.8) is 0 Å². The van der Waals surface area contributed by atoms with Gasteiger partial charge in [0.2, 0.25) is 0 Å². The highest BCUT2D eigenvalue weighted by Gasteiger charge is 2.59. The molecule has 0 heterocycles. The maximum atomic E-state index is 12.0. The Bertz CT molecular complexity index is 450. The number of rotatable bonds is 4. The maximum Gasteiger partial charge on any atom is 0.374 e. The third-order valence-corrected chi connectivity index (χ3v) is 4.82. The highest BCUT2D eigenvalue weighted by Crippen LogP contribution is 2.58. The molecule has 7 heteroatoms. The first-order valence-corrected chi connectivity index (χ1v) is 7.18. The predicted octanol–water partition coefficient (Wildman–Crippen LogP) is 1.42. The summed E-state index contributed by atoms with van der Waals surface area (Å²) in [5.74, 6) is -1.87. The molecule has 5 nitrogen and oxygen atoms in total. The molecule has 1 N–H and O–H groups in total. The molecule has 2 unspecified atom stereocenters. The molecule has 4 fully saturated rings. The van der Waals surface area contributed by atoms with Crippen LogP contribution in [0, 0.1) is 11.8 Å². The lowest BCUT2D eigenvalue weighted by atomic mass is 9.52. The van der Waals surface area contributed by atoms with Crippen molar-refractivity contribution in [2.24, 2.45) is 11.8 Å². The van der Waals surface area contributed by atoms with Gasteiger partial charge in [-0.3, -0.25) is 0 Å². The molecule has 0 aromatic carbocycles. The zero-order valence-corrected chi connectivity index (χ0v) is 11.5. The van der Waals surface area contributed by atoms with E-state index >= 15 is 0 Å². The van der Waals surface area contributed by atoms with Crippen LogP contribution in [0.15, 0.2) is 0 Å². The van der Waals surface area contributed by atoms with Crippen molar-refractivity contribution in [2.75, 3.05) is 6.61 Å². The van der Waals surface area contributed by atoms with Gasteiger partial charge in [0.25, 0.3) is 0 Å². The fourth-order valence-corrected chi connectivity index (χ4v) is 4.71. The largest absolute Gasteiger partial charge is 0.456 e. The molecule has 4 saturated carbocycles. The minimum absolute atomic E-state index is 0.340. The average molecular weight is 304 g/mol. The molecule has 0 radical (unpaired) electrons. The van der Waals surface area contributed by atoms with Crippen molar-refractivity contribution < 1.29 is 33.0 Å². The average Bonchev–Trinajstić information content (AvgIpc) is 2.31. The quantitative estimate of drug-likeness (QED) is 0.795. The van der Waals surface area contributed by atoms with E-state index in [9.17, 15) is 23.5 Å². The Morgan fingerprint density at radius 3 is 2.33 bits per heavy atom. The van der Waals surface area contributed by atoms with Crippen LogP contribution in [0.4, 0.5) is 8.78 Å². The molecule has 4 bridgehead atoms. The van der Waals surface area contributed by atoms with Gasteiger partial charge in [-0.05, 0) is 43.9 Å². The van der Waals surface area contributed by atoms with Crippen molar-refractivity contribution in [3.05, 3.63) is 0 Å². The van der Waals surface area contributed by atoms with E-state index in [0.29, 0.717) is 31.1 Å². The minimum atomic E-state index is -3.25. The van der Waals surface area contributed by atoms with E-state index in [1.165, 1.54) is 0 Å². The Kier molecular flexibility index (Phi) is 3.43. The maximum absolute atomic E-state index is 12.0. The number of ether oxygens (including phenoxy) is 2. The molecular weight excluding hydrogens is 286 g/mol. The molecule has 0 amide bonds. The standard InChI is InChI=1S/C14H18F2O5/c15-11(16)12(18)20-6-10(17)21-14-4-8-1-9(5-14)3-13(19,2-8)7-14/h8-9,11,19H,1-7H2. The second-order valence-corrected chi connectivity index (χ2v) is 6.75. The molecule has 0 saturated heterocycles. The molecule has 4 aliphatic rings. The summed E-state index contributed by atoms with van der Waals surface area (Å²) in [5.41, 5.74) is -1.49. The highest BCUT2D eigenvalue weighted by molar-refractivity contribution is 5.78. The van der Waals surface area contributed by atoms with Gasteiger partial charge < -0.3 is 14.6 Å². The molecule has 118 valence electrons. The van der Waals surface area contributed by atoms with E-state index in [1.807, 2.05) is 0 Å². The van der Waals surface area contributed by atoms with Crippen LogP contribution in [0.5, 0.6) is 0 Å². The zero-order valence-electron chi connectivity index (χ0n) is 11.5. The van der Waals surface area contributed by atoms with Crippen LogP contribution >= 0.6 is 0 Å². The number of alkyl halides is 2. The molecule has 0 aliphatic heterocycles. The smallest absolute Gasteiger partial charge is 0.374 e. The number of hydrogen-bond donors (Lipinski definition) is 1. The topological polar surface area (TPSA) is 72.8 Å². The van der Waals surface area contributed by atoms with Crippen molar-refractivity contribution in [1.82, 2.24) is 0 Å². The zero-order chi connectivity index (χ0) is 15.3. The van der Waals surface area contributed by atoms with Gasteiger partial charge in [-0.15, -0.1) is 0 Å². The second-order valence-electron chi connectivity index (χ2n) is 6.75. The van der Waals surface area contributed by atoms with Crippen LogP contribution in [-0.2, 0) is 19.1 Å². The fourth-order valence-electron chi connectivity index (χ4n) is 4.71. The number of carbonyl (C=O) groups excluding carboxylic acids is 2. The second kappa shape index (κ2) is 4.90. The van der Waals surface area contributed by atoms with Crippen molar-refractivity contribution >= 4 is 11.9 Å². The lowest BCUT2D eigenvalue weighted by Crippen LogP contribution is -2.60. The summed E-state index contributed by atoms with van der Waals surface area (Å²) in [6.07, 6.45) is 1.05. The van der Waals surface area contributed by atoms with E-state index in [2.05, 4.69) is 4.74 Å². The summed E-state index contributed by atoms with van der Waals surface area (Å²) in [7, 11) is 0. The van der Waals surface area contributed by atoms with Crippen LogP contribution in [0.1, 0.15) is 38.5 Å². The van der Waals surface area contributed by atoms with Crippen molar-refractivity contribution in [1.29, 1.82) is 0 Å². The van der Waals surface area contributed by atoms with Crippen molar-refractivity contribution in [3.8, 4) is 0 Å². The van der Waals surface area contributed by atoms with Gasteiger partial charge in [0.15, 0.2) is 6.61 Å². The highest BCUT2D eigenvalue weighted by atomic mass is 19.3. The first-order valence-electron chi connectivity index (χ1n) is 7.18. The monoisotopic (exact) mass is 304 g/mol. The van der Waals surface area contributed by atoms with Gasteiger partial charge in [0, 0.05) is 6.42 Å². The Hall–Kier alpha value is -1.24. The molecule has 0 aromatic heterocycles. The van der Waals surface area contributed by atoms with Gasteiger partial charge in [-0.25, -0.2) is 9.59 Å². The molecule has 21 heavy (non-hydrogen) atoms. The minimum Gasteiger partial charge on any atom is -0.456 e. The van der Waals surface area contributed by atoms with Crippen LogP contribution in [0.2, 0.25) is 0 Å². The van der Waals surface area contributed by atoms with Gasteiger partial charge in [-0.1, -0.05) is 0 Å². The molecule has 2 atom stereocenters. The molecule has 0 aromatic rings. The normalized spacial score (nSPS) is 40.4. The van der Waals surface area contributed by atoms with E-state index in [0.717, 1.165) is 19.3 Å². The fraction of sp³-hybridized carbons (Fsp3) is 0.857. The number of halogens is 2. The van der Waals surface area contributed by atoms with E-state index in [4.69, 9.17) is 4.74 Å². The first kappa shape index (κ1) is 14.7. The lowest BCUT2D eigenvalue weighted by molar-refractivity contribution is -0.222. The van der Waals surface area contributed by atoms with Crippen molar-refractivity contribution in [2.45, 2.75) is 56.2 Å². The van der Waals surface area contributed by atoms with Crippen LogP contribution in [-0.4, -0.2) is 41.3 Å². The van der Waals surface area contributed by atoms with E-state index in [-0.39, 0.29) is 0 Å². The summed E-state index contributed by atoms with van der Waals surface area (Å²) >= 11 is 0. The SMILES string of the molecule is O=C(COC(=O)C(F)F)OC12CC3CC(CC(O)(C3)C1)C2. The van der Waals surface area contributed by atoms with Gasteiger partial charge in [0.05, 0.1) is 5.60 Å². The lowest BCUT2D eigenvalue weighted by Gasteiger charge is -2.59. The summed E-state index contributed by atoms with van der Waals surface area (Å²) in [5, 5.41) is 10.5. The third-order valence-electron chi connectivity index (χ3n) is 4.82. The van der Waals surface area contributed by atoms with Gasteiger partial charge >= 0.3 is 18.4 Å². The third kappa shape index (κ3) is 2.88. The Balaban J connectivity index is 1.60. The molecule has 4 rings (SSSR count). The van der Waals surface area contributed by atoms with Crippen LogP contribution in [0.3, 0.4) is 0 Å². The van der Waals surface area contributed by atoms with E-state index < -0.39 is 36.2 Å². The molecule has 0 spiro atoms.